The minimum absolute atomic E-state index is 0.00479. The quantitative estimate of drug-likeness (QED) is 0.0489. The number of carbonyl (C=O) groups is 10. The van der Waals surface area contributed by atoms with E-state index in [0.717, 1.165) is 0 Å². The van der Waals surface area contributed by atoms with E-state index in [9.17, 15) is 73.5 Å². The third-order valence-electron chi connectivity index (χ3n) is 15.3. The van der Waals surface area contributed by atoms with Crippen molar-refractivity contribution in [2.24, 2.45) is 17.4 Å². The van der Waals surface area contributed by atoms with Crippen molar-refractivity contribution in [1.82, 2.24) is 52.4 Å². The summed E-state index contributed by atoms with van der Waals surface area (Å²) in [7, 11) is 0. The number of primary amides is 1. The summed E-state index contributed by atoms with van der Waals surface area (Å²) in [6, 6.07) is 12.8. The Kier molecular flexibility index (Phi) is 27.1. The molecule has 0 unspecified atom stereocenters. The van der Waals surface area contributed by atoms with Gasteiger partial charge in [-0.1, -0.05) is 68.4 Å². The normalized spacial score (nSPS) is 20.6. The van der Waals surface area contributed by atoms with Gasteiger partial charge in [0.1, 0.15) is 59.5 Å². The lowest BCUT2D eigenvalue weighted by atomic mass is 10.00. The van der Waals surface area contributed by atoms with E-state index in [1.807, 2.05) is 0 Å². The lowest BCUT2D eigenvalue weighted by molar-refractivity contribution is -0.143. The molecule has 6 rings (SSSR count). The molecule has 0 aliphatic carbocycles. The third kappa shape index (κ3) is 22.7. The van der Waals surface area contributed by atoms with Gasteiger partial charge in [-0.3, -0.25) is 43.2 Å². The van der Waals surface area contributed by atoms with Gasteiger partial charge in [-0.05, 0) is 135 Å². The molecular formula is C64H84N12O15. The lowest BCUT2D eigenvalue weighted by Gasteiger charge is -2.30. The summed E-state index contributed by atoms with van der Waals surface area (Å²) in [5, 5.41) is 73.0. The fourth-order valence-electron chi connectivity index (χ4n) is 10.4. The Balaban J connectivity index is 1.34. The number of carboxylic acid groups (broad SMARTS) is 1. The second kappa shape index (κ2) is 35.0. The van der Waals surface area contributed by atoms with E-state index in [1.54, 1.807) is 56.4 Å². The van der Waals surface area contributed by atoms with Crippen LogP contribution < -0.4 is 54.0 Å². The van der Waals surface area contributed by atoms with Gasteiger partial charge in [0.05, 0.1) is 19.2 Å². The molecular weight excluding hydrogens is 1180 g/mol. The first-order chi connectivity index (χ1) is 43.5. The van der Waals surface area contributed by atoms with Gasteiger partial charge >= 0.3 is 5.97 Å². The Morgan fingerprint density at radius 2 is 1.16 bits per heavy atom. The van der Waals surface area contributed by atoms with Gasteiger partial charge in [-0.15, -0.1) is 0 Å². The van der Waals surface area contributed by atoms with Crippen LogP contribution in [0.2, 0.25) is 0 Å². The molecule has 0 radical (unpaired) electrons. The second-order valence-corrected chi connectivity index (χ2v) is 23.1. The van der Waals surface area contributed by atoms with Crippen molar-refractivity contribution in [1.29, 1.82) is 0 Å². The summed E-state index contributed by atoms with van der Waals surface area (Å²) in [5.41, 5.74) is 14.7. The topological polar surface area (TPSA) is 439 Å². The number of fused-ring (bicyclic) bond motifs is 1. The molecule has 1 aromatic heterocycles. The number of rotatable bonds is 20. The monoisotopic (exact) mass is 1260 g/mol. The molecule has 1 aliphatic heterocycles. The molecule has 27 heteroatoms. The number of hydrogen-bond donors (Lipinski definition) is 16. The number of benzene rings is 4. The highest BCUT2D eigenvalue weighted by atomic mass is 16.4. The lowest BCUT2D eigenvalue weighted by Crippen LogP contribution is -2.61. The van der Waals surface area contributed by atoms with E-state index >= 15 is 0 Å². The van der Waals surface area contributed by atoms with E-state index in [-0.39, 0.29) is 68.2 Å². The van der Waals surface area contributed by atoms with Crippen LogP contribution in [0.15, 0.2) is 103 Å². The average molecular weight is 1260 g/mol. The van der Waals surface area contributed by atoms with Crippen molar-refractivity contribution in [3.63, 3.8) is 0 Å². The summed E-state index contributed by atoms with van der Waals surface area (Å²) >= 11 is 0. The number of para-hydroxylation sites is 1. The number of nitrogens with two attached hydrogens (primary N) is 2. The van der Waals surface area contributed by atoms with Crippen LogP contribution in [0.4, 0.5) is 0 Å². The van der Waals surface area contributed by atoms with Crippen LogP contribution in [0, 0.1) is 5.92 Å². The first kappa shape index (κ1) is 70.5. The largest absolute Gasteiger partial charge is 0.508 e. The van der Waals surface area contributed by atoms with Crippen molar-refractivity contribution in [3.8, 4) is 17.2 Å². The van der Waals surface area contributed by atoms with Gasteiger partial charge in [0.2, 0.25) is 53.2 Å². The number of aromatic amines is 1. The highest BCUT2D eigenvalue weighted by Gasteiger charge is 2.36. The van der Waals surface area contributed by atoms with E-state index in [4.69, 9.17) is 11.5 Å². The van der Waals surface area contributed by atoms with Crippen LogP contribution in [0.5, 0.6) is 17.2 Å². The van der Waals surface area contributed by atoms with E-state index in [0.29, 0.717) is 71.9 Å². The number of phenolic OH excluding ortho intramolecular Hbond substituents is 3. The first-order valence-electron chi connectivity index (χ1n) is 30.3. The number of hydrogen-bond acceptors (Lipinski definition) is 16. The maximum atomic E-state index is 14.9. The van der Waals surface area contributed by atoms with Crippen LogP contribution in [-0.4, -0.2) is 176 Å². The Bertz CT molecular complexity index is 3290. The first-order valence-corrected chi connectivity index (χ1v) is 30.3. The van der Waals surface area contributed by atoms with Gasteiger partial charge in [0.25, 0.3) is 0 Å². The summed E-state index contributed by atoms with van der Waals surface area (Å²) in [5.74, 6) is -9.80. The van der Waals surface area contributed by atoms with Crippen LogP contribution >= 0.6 is 0 Å². The molecule has 91 heavy (non-hydrogen) atoms. The molecule has 2 heterocycles. The van der Waals surface area contributed by atoms with E-state index in [2.05, 4.69) is 47.5 Å². The van der Waals surface area contributed by atoms with Gasteiger partial charge in [0.15, 0.2) is 0 Å². The van der Waals surface area contributed by atoms with Crippen molar-refractivity contribution in [2.45, 2.75) is 139 Å². The Morgan fingerprint density at radius 1 is 0.637 bits per heavy atom. The zero-order valence-corrected chi connectivity index (χ0v) is 51.0. The predicted molar refractivity (Wildman–Crippen MR) is 334 cm³/mol. The smallest absolute Gasteiger partial charge is 0.326 e. The SMILES string of the molecule is CC(C)C[C@@H]1NC(=O)[C@H](Cc2ccc(O)cc2)NC(=O)[C@H](CCC(N)=O)NC(=O)[C@H](CO)NC(=O)[C@H](Cc2c[nH]c3ccccc23)NC(=O)[C@@H](NC(=O)[C@@H](N)Cc2ccc(O)cc2)CCCCNCCCCN(CC(=O)N[C@@H](Cc2ccc(O)cc2)C(=O)O)C1=O. The number of aromatic hydroxyl groups is 3. The van der Waals surface area contributed by atoms with Crippen LogP contribution in [0.1, 0.15) is 87.5 Å². The third-order valence-corrected chi connectivity index (χ3v) is 15.3. The molecule has 5 aromatic rings. The van der Waals surface area contributed by atoms with Gasteiger partial charge in [-0.25, -0.2) is 4.79 Å². The highest BCUT2D eigenvalue weighted by molar-refractivity contribution is 5.98. The number of aliphatic hydroxyl groups is 1. The highest BCUT2D eigenvalue weighted by Crippen LogP contribution is 2.21. The number of carboxylic acids is 1. The van der Waals surface area contributed by atoms with E-state index in [1.165, 1.54) is 65.6 Å². The van der Waals surface area contributed by atoms with Crippen molar-refractivity contribution >= 4 is 70.0 Å². The Morgan fingerprint density at radius 3 is 1.77 bits per heavy atom. The van der Waals surface area contributed by atoms with Gasteiger partial charge < -0.3 is 89.4 Å². The molecule has 4 aromatic carbocycles. The summed E-state index contributed by atoms with van der Waals surface area (Å²) in [4.78, 5) is 145. The number of amides is 9. The van der Waals surface area contributed by atoms with Crippen molar-refractivity contribution < 1.29 is 73.5 Å². The molecule has 0 saturated carbocycles. The molecule has 27 nitrogen and oxygen atoms in total. The number of aliphatic hydroxyl groups excluding tert-OH is 1. The van der Waals surface area contributed by atoms with Crippen LogP contribution in [0.25, 0.3) is 10.9 Å². The molecule has 1 fully saturated rings. The Hall–Kier alpha value is -9.60. The van der Waals surface area contributed by atoms with E-state index < -0.39 is 133 Å². The standard InChI is InChI=1S/C64H84N12O15/c1-37(2)29-52-63(89)76(35-56(82)69-53(64(90)91)32-40-16-22-44(80)23-17-40)28-8-7-27-67-26-6-5-11-48(70-57(83)46(65)30-38-12-18-42(78)19-13-38)58(84)73-51(33-41-34-68-47-10-4-3-9-45(41)47)61(87)75-54(36-77)62(88)71-49(24-25-55(66)81)59(85)72-50(60(86)74-52)31-39-14-20-43(79)21-15-39/h3-4,9-10,12-23,34,37,46,48-54,67-68,77-80H,5-8,11,24-33,35-36,65H2,1-2H3,(H2,66,81)(H,69,82)(H,70,83)(H,71,88)(H,72,85)(H,73,84)(H,74,86)(H,75,87)(H,90,91)/t46-,48-,49-,50-,51-,52-,53-,54-/m0/s1. The summed E-state index contributed by atoms with van der Waals surface area (Å²) < 4.78 is 0. The fraction of sp³-hybridized carbons (Fsp3) is 0.438. The zero-order chi connectivity index (χ0) is 66.1. The number of carbonyl (C=O) groups excluding carboxylic acids is 9. The van der Waals surface area contributed by atoms with Gasteiger partial charge in [0, 0.05) is 49.3 Å². The minimum atomic E-state index is -1.82. The molecule has 0 bridgehead atoms. The molecule has 8 atom stereocenters. The minimum Gasteiger partial charge on any atom is -0.508 e. The number of nitrogens with one attached hydrogen (secondary N) is 9. The van der Waals surface area contributed by atoms with Gasteiger partial charge in [-0.2, -0.15) is 0 Å². The number of aliphatic carboxylic acids is 1. The predicted octanol–water partition coefficient (Wildman–Crippen LogP) is 0.0470. The number of H-pyrrole nitrogens is 1. The zero-order valence-electron chi connectivity index (χ0n) is 51.0. The molecule has 1 aliphatic rings. The molecule has 490 valence electrons. The second-order valence-electron chi connectivity index (χ2n) is 23.1. The number of aromatic nitrogens is 1. The number of phenols is 3. The maximum Gasteiger partial charge on any atom is 0.326 e. The average Bonchev–Trinajstić information content (AvgIpc) is 3.35. The van der Waals surface area contributed by atoms with Crippen LogP contribution in [-0.2, 0) is 73.6 Å². The molecule has 0 spiro atoms. The number of nitrogens with zero attached hydrogens (tertiary/aromatic N) is 1. The Labute approximate surface area is 526 Å². The summed E-state index contributed by atoms with van der Waals surface area (Å²) in [6.45, 7) is 2.63. The molecule has 18 N–H and O–H groups in total. The van der Waals surface area contributed by atoms with Crippen LogP contribution in [0.3, 0.4) is 0 Å². The fourth-order valence-corrected chi connectivity index (χ4v) is 10.4. The summed E-state index contributed by atoms with van der Waals surface area (Å²) in [6.07, 6.45) is 1.70. The maximum absolute atomic E-state index is 14.9. The van der Waals surface area contributed by atoms with Crippen molar-refractivity contribution in [3.05, 3.63) is 126 Å². The molecule has 9 amide bonds. The molecule has 1 saturated heterocycles. The van der Waals surface area contributed by atoms with Crippen molar-refractivity contribution in [2.75, 3.05) is 32.8 Å².